The first-order valence-corrected chi connectivity index (χ1v) is 3.89. The van der Waals surface area contributed by atoms with Gasteiger partial charge in [-0.25, -0.2) is 0 Å². The molecule has 0 spiro atoms. The molecule has 3 heteroatoms. The number of hydrogen-bond acceptors (Lipinski definition) is 1. The van der Waals surface area contributed by atoms with E-state index in [-0.39, 0.29) is 0 Å². The van der Waals surface area contributed by atoms with Crippen LogP contribution < -0.4 is 0 Å². The molecular formula is C7H13ClO2. The fourth-order valence-corrected chi connectivity index (χ4v) is 1.06. The molecule has 2 nitrogen and oxygen atoms in total. The Morgan fingerprint density at radius 1 is 1.70 bits per heavy atom. The highest BCUT2D eigenvalue weighted by Gasteiger charge is 2.29. The van der Waals surface area contributed by atoms with Crippen molar-refractivity contribution < 1.29 is 9.90 Å². The Hall–Kier alpha value is -0.240. The largest absolute Gasteiger partial charge is 0.481 e. The summed E-state index contributed by atoms with van der Waals surface area (Å²) >= 11 is 5.45. The van der Waals surface area contributed by atoms with E-state index in [0.29, 0.717) is 18.7 Å². The number of carboxylic acid groups (broad SMARTS) is 1. The lowest BCUT2D eigenvalue weighted by Gasteiger charge is -2.20. The van der Waals surface area contributed by atoms with Crippen molar-refractivity contribution >= 4 is 17.6 Å². The van der Waals surface area contributed by atoms with Crippen LogP contribution in [-0.2, 0) is 4.79 Å². The highest BCUT2D eigenvalue weighted by molar-refractivity contribution is 6.18. The third kappa shape index (κ3) is 2.18. The molecule has 0 aliphatic rings. The molecule has 0 rings (SSSR count). The molecule has 0 aromatic heterocycles. The summed E-state index contributed by atoms with van der Waals surface area (Å²) in [5.41, 5.74) is -0.623. The van der Waals surface area contributed by atoms with E-state index in [9.17, 15) is 4.79 Å². The van der Waals surface area contributed by atoms with Gasteiger partial charge in [0.25, 0.3) is 0 Å². The molecule has 1 N–H and O–H groups in total. The SMILES string of the molecule is CCC(C)(CCCl)C(=O)O. The molecule has 0 fully saturated rings. The maximum Gasteiger partial charge on any atom is 0.309 e. The predicted octanol–water partition coefficient (Wildman–Crippen LogP) is 2.12. The number of rotatable bonds is 4. The molecule has 0 saturated carbocycles. The average Bonchev–Trinajstić information content (AvgIpc) is 1.88. The summed E-state index contributed by atoms with van der Waals surface area (Å²) in [6, 6.07) is 0. The number of halogens is 1. The van der Waals surface area contributed by atoms with Gasteiger partial charge in [0.2, 0.25) is 0 Å². The molecule has 1 atom stereocenters. The Morgan fingerprint density at radius 3 is 2.30 bits per heavy atom. The van der Waals surface area contributed by atoms with E-state index in [4.69, 9.17) is 16.7 Å². The number of hydrogen-bond donors (Lipinski definition) is 1. The number of aliphatic carboxylic acids is 1. The highest BCUT2D eigenvalue weighted by atomic mass is 35.5. The van der Waals surface area contributed by atoms with Crippen molar-refractivity contribution in [2.45, 2.75) is 26.7 Å². The van der Waals surface area contributed by atoms with Gasteiger partial charge in [-0.05, 0) is 19.8 Å². The first-order valence-electron chi connectivity index (χ1n) is 3.36. The fraction of sp³-hybridized carbons (Fsp3) is 0.857. The standard InChI is InChI=1S/C7H13ClO2/c1-3-7(2,4-5-8)6(9)10/h3-5H2,1-2H3,(H,9,10). The first-order chi connectivity index (χ1) is 4.56. The predicted molar refractivity (Wildman–Crippen MR) is 41.4 cm³/mol. The number of alkyl halides is 1. The Kier molecular flexibility index (Phi) is 3.72. The summed E-state index contributed by atoms with van der Waals surface area (Å²) in [6.45, 7) is 3.58. The molecule has 0 aromatic rings. The van der Waals surface area contributed by atoms with Gasteiger partial charge < -0.3 is 5.11 Å². The maximum atomic E-state index is 10.6. The highest BCUT2D eigenvalue weighted by Crippen LogP contribution is 2.25. The van der Waals surface area contributed by atoms with Crippen LogP contribution >= 0.6 is 11.6 Å². The Labute approximate surface area is 66.2 Å². The second kappa shape index (κ2) is 3.81. The van der Waals surface area contributed by atoms with Gasteiger partial charge in [-0.3, -0.25) is 4.79 Å². The van der Waals surface area contributed by atoms with Gasteiger partial charge in [0.05, 0.1) is 5.41 Å². The van der Waals surface area contributed by atoms with Crippen LogP contribution in [0.5, 0.6) is 0 Å². The Bertz CT molecular complexity index is 125. The maximum absolute atomic E-state index is 10.6. The zero-order valence-corrected chi connectivity index (χ0v) is 7.11. The van der Waals surface area contributed by atoms with Crippen LogP contribution in [0, 0.1) is 5.41 Å². The minimum Gasteiger partial charge on any atom is -0.481 e. The van der Waals surface area contributed by atoms with Crippen molar-refractivity contribution in [1.82, 2.24) is 0 Å². The summed E-state index contributed by atoms with van der Waals surface area (Å²) in [5, 5.41) is 8.70. The van der Waals surface area contributed by atoms with Gasteiger partial charge in [-0.15, -0.1) is 11.6 Å². The Balaban J connectivity index is 4.08. The van der Waals surface area contributed by atoms with Crippen molar-refractivity contribution in [3.8, 4) is 0 Å². The summed E-state index contributed by atoms with van der Waals surface area (Å²) in [5.74, 6) is -0.341. The molecule has 60 valence electrons. The molecule has 0 aliphatic carbocycles. The summed E-state index contributed by atoms with van der Waals surface area (Å²) in [6.07, 6.45) is 1.18. The topological polar surface area (TPSA) is 37.3 Å². The molecule has 0 aliphatic heterocycles. The third-order valence-corrected chi connectivity index (χ3v) is 2.13. The van der Waals surface area contributed by atoms with Gasteiger partial charge in [-0.1, -0.05) is 6.92 Å². The number of carboxylic acids is 1. The van der Waals surface area contributed by atoms with E-state index >= 15 is 0 Å². The molecule has 0 amide bonds. The first kappa shape index (κ1) is 9.76. The average molecular weight is 165 g/mol. The van der Waals surface area contributed by atoms with Crippen LogP contribution in [0.2, 0.25) is 0 Å². The normalized spacial score (nSPS) is 16.3. The van der Waals surface area contributed by atoms with E-state index in [0.717, 1.165) is 0 Å². The molecule has 10 heavy (non-hydrogen) atoms. The van der Waals surface area contributed by atoms with Gasteiger partial charge in [0.1, 0.15) is 0 Å². The van der Waals surface area contributed by atoms with Crippen molar-refractivity contribution in [3.05, 3.63) is 0 Å². The molecule has 0 heterocycles. The monoisotopic (exact) mass is 164 g/mol. The minimum atomic E-state index is -0.754. The lowest BCUT2D eigenvalue weighted by molar-refractivity contribution is -0.148. The van der Waals surface area contributed by atoms with Crippen LogP contribution in [0.4, 0.5) is 0 Å². The quantitative estimate of drug-likeness (QED) is 0.647. The van der Waals surface area contributed by atoms with Gasteiger partial charge in [-0.2, -0.15) is 0 Å². The molecule has 1 unspecified atom stereocenters. The summed E-state index contributed by atoms with van der Waals surface area (Å²) in [7, 11) is 0. The van der Waals surface area contributed by atoms with Crippen molar-refractivity contribution in [1.29, 1.82) is 0 Å². The van der Waals surface area contributed by atoms with Crippen LogP contribution in [-0.4, -0.2) is 17.0 Å². The van der Waals surface area contributed by atoms with Crippen molar-refractivity contribution in [2.75, 3.05) is 5.88 Å². The second-order valence-corrected chi connectivity index (χ2v) is 3.04. The second-order valence-electron chi connectivity index (χ2n) is 2.66. The van der Waals surface area contributed by atoms with Gasteiger partial charge >= 0.3 is 5.97 Å². The van der Waals surface area contributed by atoms with Crippen LogP contribution in [0.1, 0.15) is 26.7 Å². The van der Waals surface area contributed by atoms with Crippen LogP contribution in [0.25, 0.3) is 0 Å². The molecule has 0 aromatic carbocycles. The van der Waals surface area contributed by atoms with E-state index in [2.05, 4.69) is 0 Å². The molecule has 0 bridgehead atoms. The zero-order valence-electron chi connectivity index (χ0n) is 6.35. The summed E-state index contributed by atoms with van der Waals surface area (Å²) < 4.78 is 0. The zero-order chi connectivity index (χ0) is 8.20. The van der Waals surface area contributed by atoms with Crippen LogP contribution in [0.15, 0.2) is 0 Å². The van der Waals surface area contributed by atoms with Crippen molar-refractivity contribution in [2.24, 2.45) is 5.41 Å². The lowest BCUT2D eigenvalue weighted by atomic mass is 9.85. The third-order valence-electron chi connectivity index (χ3n) is 1.94. The minimum absolute atomic E-state index is 0.413. The van der Waals surface area contributed by atoms with Gasteiger partial charge in [0, 0.05) is 5.88 Å². The van der Waals surface area contributed by atoms with Crippen LogP contribution in [0.3, 0.4) is 0 Å². The summed E-state index contributed by atoms with van der Waals surface area (Å²) in [4.78, 5) is 10.6. The van der Waals surface area contributed by atoms with E-state index in [1.54, 1.807) is 6.92 Å². The van der Waals surface area contributed by atoms with E-state index in [1.807, 2.05) is 6.92 Å². The smallest absolute Gasteiger partial charge is 0.309 e. The lowest BCUT2D eigenvalue weighted by Crippen LogP contribution is -2.26. The van der Waals surface area contributed by atoms with E-state index in [1.165, 1.54) is 0 Å². The molecule has 0 saturated heterocycles. The van der Waals surface area contributed by atoms with E-state index < -0.39 is 11.4 Å². The molecule has 0 radical (unpaired) electrons. The Morgan fingerprint density at radius 2 is 2.20 bits per heavy atom. The fourth-order valence-electron chi connectivity index (χ4n) is 0.643. The number of carbonyl (C=O) groups is 1. The van der Waals surface area contributed by atoms with Crippen molar-refractivity contribution in [3.63, 3.8) is 0 Å². The van der Waals surface area contributed by atoms with Gasteiger partial charge in [0.15, 0.2) is 0 Å². The molecular weight excluding hydrogens is 152 g/mol.